The van der Waals surface area contributed by atoms with Gasteiger partial charge in [0, 0.05) is 32.3 Å². The molecule has 5 nitrogen and oxygen atoms in total. The van der Waals surface area contributed by atoms with Gasteiger partial charge >= 0.3 is 0 Å². The number of hydrogen-bond acceptors (Lipinski definition) is 3. The van der Waals surface area contributed by atoms with Crippen molar-refractivity contribution >= 4 is 33.6 Å². The molecule has 3 rings (SSSR count). The Morgan fingerprint density at radius 1 is 1.00 bits per heavy atom. The normalized spacial score (nSPS) is 15.9. The molecular formula is C19H17ClF2N2O3S. The predicted molar refractivity (Wildman–Crippen MR) is 102 cm³/mol. The fraction of sp³-hybridized carbons (Fsp3) is 0.211. The summed E-state index contributed by atoms with van der Waals surface area (Å²) in [7, 11) is -3.82. The van der Waals surface area contributed by atoms with Gasteiger partial charge in [0.2, 0.25) is 15.9 Å². The maximum Gasteiger partial charge on any atom is 0.246 e. The van der Waals surface area contributed by atoms with Crippen LogP contribution in [0.4, 0.5) is 8.78 Å². The highest BCUT2D eigenvalue weighted by Gasteiger charge is 2.30. The van der Waals surface area contributed by atoms with Crippen molar-refractivity contribution in [2.45, 2.75) is 4.90 Å². The summed E-state index contributed by atoms with van der Waals surface area (Å²) in [5, 5.41) is -0.263. The van der Waals surface area contributed by atoms with Crippen molar-refractivity contribution in [1.29, 1.82) is 0 Å². The average Bonchev–Trinajstić information content (AvgIpc) is 2.69. The minimum atomic E-state index is -3.82. The van der Waals surface area contributed by atoms with Crippen molar-refractivity contribution in [1.82, 2.24) is 9.21 Å². The van der Waals surface area contributed by atoms with Gasteiger partial charge in [-0.05, 0) is 42.0 Å². The number of nitrogens with zero attached hydrogens (tertiary/aromatic N) is 2. The van der Waals surface area contributed by atoms with Gasteiger partial charge in [-0.3, -0.25) is 4.79 Å². The highest BCUT2D eigenvalue weighted by Crippen LogP contribution is 2.23. The van der Waals surface area contributed by atoms with E-state index in [1.54, 1.807) is 18.2 Å². The van der Waals surface area contributed by atoms with Crippen molar-refractivity contribution in [3.8, 4) is 0 Å². The third-order valence-corrected chi connectivity index (χ3v) is 6.55. The second-order valence-electron chi connectivity index (χ2n) is 6.19. The summed E-state index contributed by atoms with van der Waals surface area (Å²) in [4.78, 5) is 13.7. The lowest BCUT2D eigenvalue weighted by Gasteiger charge is -2.33. The van der Waals surface area contributed by atoms with Gasteiger partial charge in [-0.25, -0.2) is 17.2 Å². The zero-order valence-corrected chi connectivity index (χ0v) is 16.3. The molecule has 0 aromatic heterocycles. The van der Waals surface area contributed by atoms with Crippen LogP contribution < -0.4 is 0 Å². The summed E-state index contributed by atoms with van der Waals surface area (Å²) in [6.45, 7) is 0.683. The second-order valence-corrected chi connectivity index (χ2v) is 8.54. The smallest absolute Gasteiger partial charge is 0.246 e. The molecule has 2 aromatic carbocycles. The lowest BCUT2D eigenvalue weighted by molar-refractivity contribution is -0.127. The SMILES string of the molecule is O=C(/C=C/c1ccc(F)cc1)N1CCN(S(=O)(=O)c2ccc(F)c(Cl)c2)CC1. The Hall–Kier alpha value is -2.29. The summed E-state index contributed by atoms with van der Waals surface area (Å²) < 4.78 is 52.7. The molecule has 1 amide bonds. The highest BCUT2D eigenvalue weighted by molar-refractivity contribution is 7.89. The van der Waals surface area contributed by atoms with Crippen LogP contribution in [0.5, 0.6) is 0 Å². The Bertz CT molecular complexity index is 1000. The van der Waals surface area contributed by atoms with Crippen molar-refractivity contribution in [2.75, 3.05) is 26.2 Å². The van der Waals surface area contributed by atoms with Crippen LogP contribution in [0.1, 0.15) is 5.56 Å². The van der Waals surface area contributed by atoms with Crippen LogP contribution in [0.15, 0.2) is 53.4 Å². The summed E-state index contributed by atoms with van der Waals surface area (Å²) in [5.74, 6) is -1.31. The summed E-state index contributed by atoms with van der Waals surface area (Å²) >= 11 is 5.68. The van der Waals surface area contributed by atoms with Gasteiger partial charge in [0.1, 0.15) is 11.6 Å². The van der Waals surface area contributed by atoms with Gasteiger partial charge in [-0.15, -0.1) is 0 Å². The Morgan fingerprint density at radius 3 is 2.25 bits per heavy atom. The molecule has 1 saturated heterocycles. The minimum absolute atomic E-state index is 0.0881. The number of halogens is 3. The third kappa shape index (κ3) is 4.57. The Morgan fingerprint density at radius 2 is 1.64 bits per heavy atom. The van der Waals surface area contributed by atoms with Crippen LogP contribution in [-0.4, -0.2) is 49.7 Å². The van der Waals surface area contributed by atoms with Crippen LogP contribution in [0, 0.1) is 11.6 Å². The fourth-order valence-corrected chi connectivity index (χ4v) is 4.48. The maximum atomic E-state index is 13.3. The lowest BCUT2D eigenvalue weighted by Crippen LogP contribution is -2.50. The topological polar surface area (TPSA) is 57.7 Å². The van der Waals surface area contributed by atoms with Crippen molar-refractivity contribution < 1.29 is 22.0 Å². The van der Waals surface area contributed by atoms with Gasteiger partial charge in [-0.2, -0.15) is 4.31 Å². The predicted octanol–water partition coefficient (Wildman–Crippen LogP) is 3.16. The standard InChI is InChI=1S/C19H17ClF2N2O3S/c20-17-13-16(6-7-18(17)22)28(26,27)24-11-9-23(10-12-24)19(25)8-3-14-1-4-15(21)5-2-14/h1-8,13H,9-12H2/b8-3+. The quantitative estimate of drug-likeness (QED) is 0.706. The van der Waals surface area contributed by atoms with Crippen LogP contribution in [0.25, 0.3) is 6.08 Å². The van der Waals surface area contributed by atoms with E-state index in [0.717, 1.165) is 12.1 Å². The van der Waals surface area contributed by atoms with E-state index in [2.05, 4.69) is 0 Å². The van der Waals surface area contributed by atoms with Crippen LogP contribution in [-0.2, 0) is 14.8 Å². The maximum absolute atomic E-state index is 13.3. The molecule has 0 radical (unpaired) electrons. The summed E-state index contributed by atoms with van der Waals surface area (Å²) in [6.07, 6.45) is 2.95. The Kier molecular flexibility index (Phi) is 6.12. The molecule has 0 aliphatic carbocycles. The van der Waals surface area contributed by atoms with Gasteiger partial charge in [0.25, 0.3) is 0 Å². The summed E-state index contributed by atoms with van der Waals surface area (Å²) in [6, 6.07) is 8.96. The van der Waals surface area contributed by atoms with Crippen LogP contribution in [0.3, 0.4) is 0 Å². The van der Waals surface area contributed by atoms with E-state index < -0.39 is 15.8 Å². The Labute approximate surface area is 166 Å². The first-order valence-corrected chi connectivity index (χ1v) is 10.3. The van der Waals surface area contributed by atoms with Crippen molar-refractivity contribution in [3.05, 3.63) is 70.8 Å². The van der Waals surface area contributed by atoms with Crippen LogP contribution >= 0.6 is 11.6 Å². The van der Waals surface area contributed by atoms with Crippen molar-refractivity contribution in [2.24, 2.45) is 0 Å². The molecule has 1 aliphatic heterocycles. The Balaban J connectivity index is 1.62. The lowest BCUT2D eigenvalue weighted by atomic mass is 10.2. The van der Waals surface area contributed by atoms with Gasteiger partial charge in [-0.1, -0.05) is 23.7 Å². The number of amides is 1. The number of benzene rings is 2. The second kappa shape index (κ2) is 8.38. The molecule has 1 heterocycles. The van der Waals surface area contributed by atoms with Gasteiger partial charge in [0.05, 0.1) is 9.92 Å². The van der Waals surface area contributed by atoms with E-state index in [1.165, 1.54) is 33.5 Å². The highest BCUT2D eigenvalue weighted by atomic mass is 35.5. The molecule has 0 bridgehead atoms. The minimum Gasteiger partial charge on any atom is -0.337 e. The number of hydrogen-bond donors (Lipinski definition) is 0. The van der Waals surface area contributed by atoms with Crippen LogP contribution in [0.2, 0.25) is 5.02 Å². The van der Waals surface area contributed by atoms with E-state index in [-0.39, 0.29) is 47.8 Å². The monoisotopic (exact) mass is 426 g/mol. The number of rotatable bonds is 4. The molecule has 9 heteroatoms. The molecule has 0 spiro atoms. The number of piperazine rings is 1. The van der Waals surface area contributed by atoms with E-state index in [4.69, 9.17) is 11.6 Å². The zero-order chi connectivity index (χ0) is 20.3. The fourth-order valence-electron chi connectivity index (χ4n) is 2.78. The third-order valence-electron chi connectivity index (χ3n) is 4.37. The number of carbonyl (C=O) groups excluding carboxylic acids is 1. The van der Waals surface area contributed by atoms with E-state index in [9.17, 15) is 22.0 Å². The molecule has 0 unspecified atom stereocenters. The molecule has 1 fully saturated rings. The van der Waals surface area contributed by atoms with E-state index in [0.29, 0.717) is 5.56 Å². The zero-order valence-electron chi connectivity index (χ0n) is 14.7. The molecular weight excluding hydrogens is 410 g/mol. The first kappa shape index (κ1) is 20.4. The molecule has 0 saturated carbocycles. The van der Waals surface area contributed by atoms with Crippen molar-refractivity contribution in [3.63, 3.8) is 0 Å². The molecule has 0 N–H and O–H groups in total. The van der Waals surface area contributed by atoms with Gasteiger partial charge in [0.15, 0.2) is 0 Å². The van der Waals surface area contributed by atoms with E-state index >= 15 is 0 Å². The first-order chi connectivity index (χ1) is 13.3. The average molecular weight is 427 g/mol. The largest absolute Gasteiger partial charge is 0.337 e. The number of sulfonamides is 1. The number of carbonyl (C=O) groups is 1. The molecule has 28 heavy (non-hydrogen) atoms. The molecule has 0 atom stereocenters. The molecule has 1 aliphatic rings. The molecule has 2 aromatic rings. The summed E-state index contributed by atoms with van der Waals surface area (Å²) in [5.41, 5.74) is 0.684. The molecule has 148 valence electrons. The first-order valence-electron chi connectivity index (χ1n) is 8.45. The van der Waals surface area contributed by atoms with E-state index in [1.807, 2.05) is 0 Å². The van der Waals surface area contributed by atoms with Gasteiger partial charge < -0.3 is 4.90 Å².